The molecule has 0 unspecified atom stereocenters. The first kappa shape index (κ1) is 17.2. The van der Waals surface area contributed by atoms with Crippen LogP contribution >= 0.6 is 11.8 Å². The molecule has 0 saturated heterocycles. The molecule has 0 saturated carbocycles. The molecule has 1 aliphatic heterocycles. The Balaban J connectivity index is 1.63. The van der Waals surface area contributed by atoms with Crippen LogP contribution in [0, 0.1) is 0 Å². The fourth-order valence-electron chi connectivity index (χ4n) is 2.48. The molecule has 25 heavy (non-hydrogen) atoms. The number of ether oxygens (including phenoxy) is 2. The Hall–Kier alpha value is -2.67. The molecule has 0 radical (unpaired) electrons. The van der Waals surface area contributed by atoms with E-state index in [-0.39, 0.29) is 23.8 Å². The molecule has 1 atom stereocenters. The summed E-state index contributed by atoms with van der Waals surface area (Å²) in [6.45, 7) is 0.218. The summed E-state index contributed by atoms with van der Waals surface area (Å²) >= 11 is 1.58. The average molecular weight is 359 g/mol. The zero-order valence-corrected chi connectivity index (χ0v) is 14.3. The van der Waals surface area contributed by atoms with Crippen LogP contribution in [0.25, 0.3) is 0 Å². The molecule has 6 nitrogen and oxygen atoms in total. The van der Waals surface area contributed by atoms with Crippen LogP contribution in [0.2, 0.25) is 0 Å². The highest BCUT2D eigenvalue weighted by Gasteiger charge is 2.26. The van der Waals surface area contributed by atoms with Crippen molar-refractivity contribution in [2.24, 2.45) is 0 Å². The van der Waals surface area contributed by atoms with E-state index >= 15 is 0 Å². The highest BCUT2D eigenvalue weighted by Crippen LogP contribution is 2.34. The van der Waals surface area contributed by atoms with Gasteiger partial charge in [0, 0.05) is 17.2 Å². The van der Waals surface area contributed by atoms with Crippen molar-refractivity contribution in [3.63, 3.8) is 0 Å². The monoisotopic (exact) mass is 359 g/mol. The highest BCUT2D eigenvalue weighted by atomic mass is 32.2. The number of carbonyl (C=O) groups excluding carboxylic acids is 1. The fourth-order valence-corrected chi connectivity index (χ4v) is 3.47. The van der Waals surface area contributed by atoms with Gasteiger partial charge in [-0.25, -0.2) is 4.79 Å². The van der Waals surface area contributed by atoms with Crippen molar-refractivity contribution >= 4 is 23.6 Å². The topological polar surface area (TPSA) is 84.9 Å². The Morgan fingerprint density at radius 1 is 1.32 bits per heavy atom. The van der Waals surface area contributed by atoms with Gasteiger partial charge in [-0.3, -0.25) is 4.79 Å². The van der Waals surface area contributed by atoms with E-state index in [4.69, 9.17) is 9.47 Å². The third kappa shape index (κ3) is 3.88. The second-order valence-corrected chi connectivity index (χ2v) is 6.48. The Morgan fingerprint density at radius 3 is 2.88 bits per heavy atom. The number of methoxy groups -OCH3 is 1. The Kier molecular flexibility index (Phi) is 5.14. The summed E-state index contributed by atoms with van der Waals surface area (Å²) in [6.07, 6.45) is -0.572. The van der Waals surface area contributed by atoms with Crippen LogP contribution in [0.5, 0.6) is 11.5 Å². The summed E-state index contributed by atoms with van der Waals surface area (Å²) in [4.78, 5) is 24.6. The van der Waals surface area contributed by atoms with Crippen LogP contribution in [0.1, 0.15) is 15.9 Å². The molecule has 7 heteroatoms. The van der Waals surface area contributed by atoms with Gasteiger partial charge in [-0.05, 0) is 29.8 Å². The first-order valence-corrected chi connectivity index (χ1v) is 8.63. The van der Waals surface area contributed by atoms with Gasteiger partial charge in [0.2, 0.25) is 0 Å². The summed E-state index contributed by atoms with van der Waals surface area (Å²) in [7, 11) is 1.42. The summed E-state index contributed by atoms with van der Waals surface area (Å²) in [6, 6.07) is 12.4. The smallest absolute Gasteiger partial charge is 0.339 e. The number of thioether (sulfide) groups is 1. The van der Waals surface area contributed by atoms with Crippen LogP contribution in [0.4, 0.5) is 0 Å². The highest BCUT2D eigenvalue weighted by molar-refractivity contribution is 7.99. The number of para-hydroxylation sites is 1. The second-order valence-electron chi connectivity index (χ2n) is 5.42. The SMILES string of the molecule is COc1ccc(CNC(=O)[C@H]2CSc3ccccc3O2)cc1C(=O)O. The maximum absolute atomic E-state index is 12.3. The molecule has 1 heterocycles. The number of carbonyl (C=O) groups is 2. The van der Waals surface area contributed by atoms with Crippen molar-refractivity contribution in [2.45, 2.75) is 17.5 Å². The Morgan fingerprint density at radius 2 is 2.12 bits per heavy atom. The van der Waals surface area contributed by atoms with E-state index in [1.165, 1.54) is 13.2 Å². The van der Waals surface area contributed by atoms with Crippen molar-refractivity contribution in [2.75, 3.05) is 12.9 Å². The summed E-state index contributed by atoms with van der Waals surface area (Å²) in [5.74, 6) is 0.220. The van der Waals surface area contributed by atoms with Crippen molar-refractivity contribution in [1.29, 1.82) is 0 Å². The number of amides is 1. The summed E-state index contributed by atoms with van der Waals surface area (Å²) < 4.78 is 10.8. The molecule has 2 N–H and O–H groups in total. The quantitative estimate of drug-likeness (QED) is 0.853. The number of rotatable bonds is 5. The molecule has 2 aromatic carbocycles. The number of carboxylic acids is 1. The lowest BCUT2D eigenvalue weighted by atomic mass is 10.1. The summed E-state index contributed by atoms with van der Waals surface area (Å²) in [5.41, 5.74) is 0.739. The van der Waals surface area contributed by atoms with Crippen molar-refractivity contribution in [3.8, 4) is 11.5 Å². The third-order valence-corrected chi connectivity index (χ3v) is 4.88. The van der Waals surface area contributed by atoms with Crippen LogP contribution in [-0.2, 0) is 11.3 Å². The first-order valence-electron chi connectivity index (χ1n) is 7.65. The minimum absolute atomic E-state index is 0.0626. The maximum Gasteiger partial charge on any atom is 0.339 e. The van der Waals surface area contributed by atoms with Gasteiger partial charge in [-0.15, -0.1) is 11.8 Å². The van der Waals surface area contributed by atoms with E-state index in [1.807, 2.05) is 24.3 Å². The van der Waals surface area contributed by atoms with Crippen LogP contribution in [0.15, 0.2) is 47.4 Å². The fraction of sp³-hybridized carbons (Fsp3) is 0.222. The van der Waals surface area contributed by atoms with Gasteiger partial charge < -0.3 is 19.9 Å². The molecule has 0 fully saturated rings. The van der Waals surface area contributed by atoms with Crippen molar-refractivity contribution in [1.82, 2.24) is 5.32 Å². The predicted molar refractivity (Wildman–Crippen MR) is 93.4 cm³/mol. The van der Waals surface area contributed by atoms with E-state index < -0.39 is 12.1 Å². The van der Waals surface area contributed by atoms with Crippen molar-refractivity contribution < 1.29 is 24.2 Å². The van der Waals surface area contributed by atoms with E-state index in [0.717, 1.165) is 4.90 Å². The van der Waals surface area contributed by atoms with Crippen LogP contribution in [-0.4, -0.2) is 35.9 Å². The maximum atomic E-state index is 12.3. The van der Waals surface area contributed by atoms with Gasteiger partial charge in [0.1, 0.15) is 17.1 Å². The molecule has 130 valence electrons. The molecular weight excluding hydrogens is 342 g/mol. The van der Waals surface area contributed by atoms with Gasteiger partial charge in [-0.1, -0.05) is 18.2 Å². The number of nitrogens with one attached hydrogen (secondary N) is 1. The molecular formula is C18H17NO5S. The summed E-state index contributed by atoms with van der Waals surface area (Å²) in [5, 5.41) is 12.0. The standard InChI is InChI=1S/C18H17NO5S/c1-23-13-7-6-11(8-12(13)18(21)22)9-19-17(20)15-10-25-16-5-3-2-4-14(16)24-15/h2-8,15H,9-10H2,1H3,(H,19,20)(H,21,22)/t15-/m1/s1. The number of benzene rings is 2. The largest absolute Gasteiger partial charge is 0.496 e. The number of hydrogen-bond donors (Lipinski definition) is 2. The van der Waals surface area contributed by atoms with Gasteiger partial charge >= 0.3 is 5.97 Å². The van der Waals surface area contributed by atoms with Crippen LogP contribution < -0.4 is 14.8 Å². The number of hydrogen-bond acceptors (Lipinski definition) is 5. The lowest BCUT2D eigenvalue weighted by Crippen LogP contribution is -2.41. The van der Waals surface area contributed by atoms with E-state index in [1.54, 1.807) is 23.9 Å². The average Bonchev–Trinajstić information content (AvgIpc) is 2.65. The lowest BCUT2D eigenvalue weighted by Gasteiger charge is -2.24. The third-order valence-electron chi connectivity index (χ3n) is 3.76. The Bertz CT molecular complexity index is 808. The minimum atomic E-state index is -1.08. The zero-order chi connectivity index (χ0) is 17.8. The molecule has 3 rings (SSSR count). The molecule has 0 aromatic heterocycles. The number of carboxylic acid groups (broad SMARTS) is 1. The molecule has 0 spiro atoms. The molecule has 1 amide bonds. The number of fused-ring (bicyclic) bond motifs is 1. The van der Waals surface area contributed by atoms with Gasteiger partial charge in [-0.2, -0.15) is 0 Å². The lowest BCUT2D eigenvalue weighted by molar-refractivity contribution is -0.127. The normalized spacial score (nSPS) is 15.6. The zero-order valence-electron chi connectivity index (χ0n) is 13.5. The molecule has 1 aliphatic rings. The van der Waals surface area contributed by atoms with Gasteiger partial charge in [0.15, 0.2) is 6.10 Å². The van der Waals surface area contributed by atoms with Crippen molar-refractivity contribution in [3.05, 3.63) is 53.6 Å². The predicted octanol–water partition coefficient (Wildman–Crippen LogP) is 2.56. The van der Waals surface area contributed by atoms with E-state index in [9.17, 15) is 14.7 Å². The number of aromatic carboxylic acids is 1. The van der Waals surface area contributed by atoms with Gasteiger partial charge in [0.25, 0.3) is 5.91 Å². The van der Waals surface area contributed by atoms with E-state index in [0.29, 0.717) is 17.1 Å². The molecule has 0 aliphatic carbocycles. The minimum Gasteiger partial charge on any atom is -0.496 e. The first-order chi connectivity index (χ1) is 12.1. The Labute approximate surface area is 149 Å². The molecule has 0 bridgehead atoms. The second kappa shape index (κ2) is 7.48. The van der Waals surface area contributed by atoms with Gasteiger partial charge in [0.05, 0.1) is 7.11 Å². The van der Waals surface area contributed by atoms with Crippen LogP contribution in [0.3, 0.4) is 0 Å². The van der Waals surface area contributed by atoms with E-state index in [2.05, 4.69) is 5.32 Å². The molecule has 2 aromatic rings.